The van der Waals surface area contributed by atoms with Crippen molar-refractivity contribution in [3.05, 3.63) is 19.8 Å². The van der Waals surface area contributed by atoms with E-state index in [4.69, 9.17) is 8.44 Å². The molecule has 0 radical (unpaired) electrons. The molecule has 0 atom stereocenters. The number of hydrogen-bond donors (Lipinski definition) is 0. The van der Waals surface area contributed by atoms with E-state index >= 15 is 0 Å². The molecule has 0 aliphatic heterocycles. The molecule has 15 heavy (non-hydrogen) atoms. The summed E-state index contributed by atoms with van der Waals surface area (Å²) in [5, 5.41) is 0. The summed E-state index contributed by atoms with van der Waals surface area (Å²) in [5.74, 6) is 0. The SMILES string of the molecule is C[O][Zr]([O]C)([O]C)[C]1=[C]([GeH]([F])[F])C=CC1. The van der Waals surface area contributed by atoms with Crippen LogP contribution < -0.4 is 0 Å². The van der Waals surface area contributed by atoms with Gasteiger partial charge in [0, 0.05) is 0 Å². The monoisotopic (exact) mass is 360 g/mol. The van der Waals surface area contributed by atoms with Gasteiger partial charge in [0.05, 0.1) is 0 Å². The Hall–Kier alpha value is 0.646. The third-order valence-corrected chi connectivity index (χ3v) is 13.0. The molecule has 0 aromatic heterocycles. The fourth-order valence-corrected chi connectivity index (χ4v) is 11.7. The normalized spacial score (nSPS) is 16.9. The Labute approximate surface area is 99.4 Å². The zero-order valence-electron chi connectivity index (χ0n) is 8.92. The van der Waals surface area contributed by atoms with Gasteiger partial charge in [0.2, 0.25) is 0 Å². The van der Waals surface area contributed by atoms with E-state index in [1.165, 1.54) is 27.4 Å². The van der Waals surface area contributed by atoms with Crippen LogP contribution in [0, 0.1) is 0 Å². The molecule has 0 N–H and O–H groups in total. The maximum absolute atomic E-state index is 12.9. The molecule has 3 nitrogen and oxygen atoms in total. The van der Waals surface area contributed by atoms with E-state index in [9.17, 15) is 7.00 Å². The van der Waals surface area contributed by atoms with Gasteiger partial charge >= 0.3 is 99.9 Å². The number of halogens is 2. The second-order valence-corrected chi connectivity index (χ2v) is 12.8. The first-order chi connectivity index (χ1) is 7.11. The van der Waals surface area contributed by atoms with E-state index in [0.717, 1.165) is 0 Å². The number of allylic oxidation sites excluding steroid dienone is 4. The molecule has 0 saturated carbocycles. The standard InChI is InChI=1S/C5H5F2Ge.3CH3O.Zr/c6-8(7)5-3-1-2-4-5;3*1-2;/h1,3,8H,2H2;3*1H3;/q;3*-1;+3. The molecule has 0 spiro atoms. The Bertz CT molecular complexity index is 281. The van der Waals surface area contributed by atoms with Crippen LogP contribution in [-0.2, 0) is 30.0 Å². The fraction of sp³-hybridized carbons (Fsp3) is 0.500. The molecule has 0 fully saturated rings. The second-order valence-electron chi connectivity index (χ2n) is 3.01. The molecule has 0 saturated heterocycles. The van der Waals surface area contributed by atoms with Crippen molar-refractivity contribution in [1.29, 1.82) is 0 Å². The average molecular weight is 360 g/mol. The van der Waals surface area contributed by atoms with Crippen molar-refractivity contribution in [2.45, 2.75) is 6.42 Å². The first kappa shape index (κ1) is 13.7. The molecule has 0 aromatic rings. The van der Waals surface area contributed by atoms with Crippen LogP contribution in [0.1, 0.15) is 6.42 Å². The van der Waals surface area contributed by atoms with Crippen molar-refractivity contribution >= 4 is 15.3 Å². The van der Waals surface area contributed by atoms with E-state index in [0.29, 0.717) is 9.70 Å². The summed E-state index contributed by atoms with van der Waals surface area (Å²) in [6, 6.07) is 0. The van der Waals surface area contributed by atoms with Crippen LogP contribution in [0.25, 0.3) is 0 Å². The van der Waals surface area contributed by atoms with Gasteiger partial charge in [-0.25, -0.2) is 0 Å². The summed E-state index contributed by atoms with van der Waals surface area (Å²) in [4.78, 5) is 0. The van der Waals surface area contributed by atoms with Crippen LogP contribution in [0.2, 0.25) is 0 Å². The third kappa shape index (κ3) is 2.66. The molecule has 86 valence electrons. The summed E-state index contributed by atoms with van der Waals surface area (Å²) in [6.45, 7) is 0. The molecular weight excluding hydrogens is 346 g/mol. The van der Waals surface area contributed by atoms with Gasteiger partial charge in [-0.15, -0.1) is 0 Å². The first-order valence-corrected chi connectivity index (χ1v) is 11.7. The van der Waals surface area contributed by atoms with Crippen LogP contribution in [-0.4, -0.2) is 36.6 Å². The molecule has 0 unspecified atom stereocenters. The third-order valence-electron chi connectivity index (χ3n) is 2.38. The van der Waals surface area contributed by atoms with Crippen LogP contribution in [0.4, 0.5) is 7.00 Å². The molecule has 0 heterocycles. The first-order valence-electron chi connectivity index (χ1n) is 4.45. The summed E-state index contributed by atoms with van der Waals surface area (Å²) < 4.78 is 42.3. The van der Waals surface area contributed by atoms with Gasteiger partial charge in [-0.05, 0) is 0 Å². The number of hydrogen-bond acceptors (Lipinski definition) is 3. The summed E-state index contributed by atoms with van der Waals surface area (Å²) >= 11 is -8.11. The topological polar surface area (TPSA) is 27.7 Å². The van der Waals surface area contributed by atoms with E-state index in [-0.39, 0.29) is 4.41 Å². The van der Waals surface area contributed by atoms with Crippen molar-refractivity contribution in [3.63, 3.8) is 0 Å². The van der Waals surface area contributed by atoms with Gasteiger partial charge in [-0.2, -0.15) is 0 Å². The van der Waals surface area contributed by atoms with Crippen molar-refractivity contribution in [2.75, 3.05) is 21.3 Å². The molecule has 7 heteroatoms. The van der Waals surface area contributed by atoms with E-state index in [1.807, 2.05) is 0 Å². The van der Waals surface area contributed by atoms with Gasteiger partial charge in [0.1, 0.15) is 0 Å². The van der Waals surface area contributed by atoms with Gasteiger partial charge in [-0.1, -0.05) is 0 Å². The average Bonchev–Trinajstić information content (AvgIpc) is 2.71. The predicted molar refractivity (Wildman–Crippen MR) is 51.2 cm³/mol. The molecule has 0 amide bonds. The van der Waals surface area contributed by atoms with Gasteiger partial charge in [0.15, 0.2) is 0 Å². The Balaban J connectivity index is 3.09. The van der Waals surface area contributed by atoms with Gasteiger partial charge < -0.3 is 0 Å². The fourth-order valence-electron chi connectivity index (χ4n) is 1.65. The molecule has 0 bridgehead atoms. The zero-order valence-corrected chi connectivity index (χ0v) is 13.8. The van der Waals surface area contributed by atoms with Crippen molar-refractivity contribution in [1.82, 2.24) is 0 Å². The van der Waals surface area contributed by atoms with Crippen molar-refractivity contribution < 1.29 is 37.0 Å². The molecule has 0 aromatic carbocycles. The van der Waals surface area contributed by atoms with Crippen LogP contribution in [0.3, 0.4) is 0 Å². The Morgan fingerprint density at radius 3 is 2.13 bits per heavy atom. The van der Waals surface area contributed by atoms with E-state index in [2.05, 4.69) is 0 Å². The van der Waals surface area contributed by atoms with Crippen molar-refractivity contribution in [3.8, 4) is 0 Å². The predicted octanol–water partition coefficient (Wildman–Crippen LogP) is 1.74. The van der Waals surface area contributed by atoms with Crippen LogP contribution in [0.15, 0.2) is 19.8 Å². The summed E-state index contributed by atoms with van der Waals surface area (Å²) in [6.07, 6.45) is 3.71. The summed E-state index contributed by atoms with van der Waals surface area (Å²) in [7, 11) is 4.39. The molecule has 1 rings (SSSR count). The van der Waals surface area contributed by atoms with Crippen LogP contribution in [0.5, 0.6) is 0 Å². The van der Waals surface area contributed by atoms with Gasteiger partial charge in [0.25, 0.3) is 0 Å². The Morgan fingerprint density at radius 2 is 1.73 bits per heavy atom. The molecular formula is C8H14F2GeO3Zr. The maximum atomic E-state index is 12.9. The second kappa shape index (κ2) is 5.82. The minimum absolute atomic E-state index is 0.184. The summed E-state index contributed by atoms with van der Waals surface area (Å²) in [5.41, 5.74) is 0. The zero-order chi connectivity index (χ0) is 11.5. The minimum atomic E-state index is -4.28. The Kier molecular flexibility index (Phi) is 5.32. The van der Waals surface area contributed by atoms with Crippen molar-refractivity contribution in [2.24, 2.45) is 0 Å². The van der Waals surface area contributed by atoms with E-state index in [1.54, 1.807) is 6.08 Å². The van der Waals surface area contributed by atoms with Crippen LogP contribution >= 0.6 is 0 Å². The quantitative estimate of drug-likeness (QED) is 0.700. The van der Waals surface area contributed by atoms with E-state index < -0.39 is 36.9 Å². The van der Waals surface area contributed by atoms with Gasteiger partial charge in [-0.3, -0.25) is 0 Å². The molecule has 1 aliphatic rings. The Morgan fingerprint density at radius 1 is 1.20 bits per heavy atom. The number of rotatable bonds is 5. The molecule has 1 aliphatic carbocycles.